The third-order valence-electron chi connectivity index (χ3n) is 3.51. The minimum Gasteiger partial charge on any atom is -0.396 e. The number of carbonyl (C=O) groups excluding carboxylic acids is 1. The maximum Gasteiger partial charge on any atom is 0.180 e. The van der Waals surface area contributed by atoms with Gasteiger partial charge in [0.1, 0.15) is 9.90 Å². The summed E-state index contributed by atoms with van der Waals surface area (Å²) in [7, 11) is -3.51. The molecule has 1 aromatic heterocycles. The Hall–Kier alpha value is -1.12. The van der Waals surface area contributed by atoms with Gasteiger partial charge in [0.2, 0.25) is 0 Å². The van der Waals surface area contributed by atoms with Gasteiger partial charge in [0.05, 0.1) is 10.6 Å². The van der Waals surface area contributed by atoms with E-state index in [9.17, 15) is 13.2 Å². The fourth-order valence-corrected chi connectivity index (χ4v) is 5.23. The Morgan fingerprint density at radius 3 is 2.48 bits per heavy atom. The van der Waals surface area contributed by atoms with Gasteiger partial charge in [-0.3, -0.25) is 4.79 Å². The monoisotopic (exact) mass is 331 g/mol. The molecule has 6 nitrogen and oxygen atoms in total. The van der Waals surface area contributed by atoms with Crippen LogP contribution >= 0.6 is 11.3 Å². The lowest BCUT2D eigenvalue weighted by molar-refractivity contribution is 0.0944. The highest BCUT2D eigenvalue weighted by atomic mass is 32.2. The molecule has 118 valence electrons. The normalized spacial score (nSPS) is 19.5. The molecular weight excluding hydrogens is 310 g/mol. The topological polar surface area (TPSA) is 106 Å². The van der Waals surface area contributed by atoms with E-state index in [0.29, 0.717) is 23.0 Å². The second-order valence-electron chi connectivity index (χ2n) is 5.77. The Labute approximate surface area is 129 Å². The molecule has 1 fully saturated rings. The van der Waals surface area contributed by atoms with Crippen LogP contribution in [0.2, 0.25) is 0 Å². The fraction of sp³-hybridized carbons (Fsp3) is 0.615. The number of anilines is 2. The summed E-state index contributed by atoms with van der Waals surface area (Å²) < 4.78 is 24.2. The molecule has 2 heterocycles. The highest BCUT2D eigenvalue weighted by Gasteiger charge is 2.32. The Balaban J connectivity index is 2.58. The first-order valence-electron chi connectivity index (χ1n) is 6.80. The summed E-state index contributed by atoms with van der Waals surface area (Å²) in [5.74, 6) is -0.357. The zero-order valence-corrected chi connectivity index (χ0v) is 14.1. The molecule has 0 bridgehead atoms. The lowest BCUT2D eigenvalue weighted by atomic mass is 10.1. The third-order valence-corrected chi connectivity index (χ3v) is 6.08. The van der Waals surface area contributed by atoms with E-state index in [4.69, 9.17) is 11.5 Å². The number of nitrogen functional groups attached to an aromatic ring is 1. The van der Waals surface area contributed by atoms with E-state index < -0.39 is 9.84 Å². The van der Waals surface area contributed by atoms with Gasteiger partial charge in [-0.25, -0.2) is 8.42 Å². The van der Waals surface area contributed by atoms with Gasteiger partial charge in [0.15, 0.2) is 15.6 Å². The fourth-order valence-electron chi connectivity index (χ4n) is 2.40. The second kappa shape index (κ2) is 5.58. The predicted octanol–water partition coefficient (Wildman–Crippen LogP) is 1.11. The van der Waals surface area contributed by atoms with Gasteiger partial charge >= 0.3 is 0 Å². The maximum absolute atomic E-state index is 12.2. The minimum atomic E-state index is -3.51. The van der Waals surface area contributed by atoms with Crippen LogP contribution in [0.25, 0.3) is 0 Å². The van der Waals surface area contributed by atoms with Crippen LogP contribution in [-0.4, -0.2) is 39.6 Å². The zero-order valence-electron chi connectivity index (χ0n) is 12.4. The summed E-state index contributed by atoms with van der Waals surface area (Å²) in [6, 6.07) is 0.0185. The van der Waals surface area contributed by atoms with Gasteiger partial charge in [-0.15, -0.1) is 11.3 Å². The van der Waals surface area contributed by atoms with Crippen molar-refractivity contribution >= 4 is 37.6 Å². The van der Waals surface area contributed by atoms with Crippen LogP contribution in [0.4, 0.5) is 10.7 Å². The van der Waals surface area contributed by atoms with Gasteiger partial charge in [-0.1, -0.05) is 13.8 Å². The smallest absolute Gasteiger partial charge is 0.180 e. The average molecular weight is 331 g/mol. The average Bonchev–Trinajstić information content (AvgIpc) is 2.91. The van der Waals surface area contributed by atoms with Crippen molar-refractivity contribution in [2.45, 2.75) is 31.2 Å². The molecule has 2 rings (SSSR count). The molecule has 0 radical (unpaired) electrons. The molecule has 21 heavy (non-hydrogen) atoms. The number of sulfone groups is 1. The highest BCUT2D eigenvalue weighted by molar-refractivity contribution is 7.91. The number of carbonyl (C=O) groups is 1. The summed E-state index contributed by atoms with van der Waals surface area (Å²) in [5, 5.41) is 0.548. The predicted molar refractivity (Wildman–Crippen MR) is 85.8 cm³/mol. The van der Waals surface area contributed by atoms with E-state index in [-0.39, 0.29) is 28.3 Å². The van der Waals surface area contributed by atoms with Crippen molar-refractivity contribution < 1.29 is 13.2 Å². The first-order chi connectivity index (χ1) is 9.62. The Morgan fingerprint density at radius 1 is 1.43 bits per heavy atom. The summed E-state index contributed by atoms with van der Waals surface area (Å²) >= 11 is 1.17. The number of thiophene rings is 1. The molecule has 0 spiro atoms. The number of hydrogen-bond donors (Lipinski definition) is 2. The quantitative estimate of drug-likeness (QED) is 0.801. The summed E-state index contributed by atoms with van der Waals surface area (Å²) in [5.41, 5.74) is 12.0. The summed E-state index contributed by atoms with van der Waals surface area (Å²) in [4.78, 5) is 14.6. The van der Waals surface area contributed by atoms with Gasteiger partial charge in [-0.2, -0.15) is 0 Å². The molecule has 1 atom stereocenters. The minimum absolute atomic E-state index is 0.0185. The number of Topliss-reactive ketones (excluding diaryl/α,β-unsaturated/α-hetero) is 1. The van der Waals surface area contributed by atoms with Crippen LogP contribution in [0, 0.1) is 5.92 Å². The van der Waals surface area contributed by atoms with Gasteiger partial charge in [-0.05, 0) is 6.42 Å². The molecule has 1 aliphatic heterocycles. The van der Waals surface area contributed by atoms with Crippen molar-refractivity contribution in [3.63, 3.8) is 0 Å². The molecule has 0 amide bonds. The Kier molecular flexibility index (Phi) is 4.32. The lowest BCUT2D eigenvalue weighted by Crippen LogP contribution is -2.26. The van der Waals surface area contributed by atoms with Crippen LogP contribution in [0.15, 0.2) is 4.90 Å². The van der Waals surface area contributed by atoms with E-state index in [0.717, 1.165) is 12.7 Å². The van der Waals surface area contributed by atoms with E-state index in [2.05, 4.69) is 0 Å². The van der Waals surface area contributed by atoms with E-state index in [1.807, 2.05) is 4.90 Å². The maximum atomic E-state index is 12.2. The molecule has 1 saturated heterocycles. The number of nitrogens with zero attached hydrogens (tertiary/aromatic N) is 1. The number of ketones is 1. The standard InChI is InChI=1S/C13H21N3O3S2/c1-7(2)10(17)11-9(15)12(21(3,18)19)13(20-11)16-5-4-8(14)6-16/h7-8H,4-6,14-15H2,1-3H3. The van der Waals surface area contributed by atoms with Crippen LogP contribution in [-0.2, 0) is 9.84 Å². The molecule has 0 aliphatic carbocycles. The van der Waals surface area contributed by atoms with E-state index in [1.165, 1.54) is 11.3 Å². The second-order valence-corrected chi connectivity index (χ2v) is 8.72. The van der Waals surface area contributed by atoms with Gasteiger partial charge in [0, 0.05) is 31.3 Å². The molecule has 1 unspecified atom stereocenters. The Morgan fingerprint density at radius 2 is 2.05 bits per heavy atom. The first kappa shape index (κ1) is 16.3. The van der Waals surface area contributed by atoms with Gasteiger partial charge < -0.3 is 16.4 Å². The summed E-state index contributed by atoms with van der Waals surface area (Å²) in [6.45, 7) is 4.80. The molecule has 1 aliphatic rings. The first-order valence-corrected chi connectivity index (χ1v) is 9.50. The van der Waals surface area contributed by atoms with E-state index in [1.54, 1.807) is 13.8 Å². The van der Waals surface area contributed by atoms with Crippen LogP contribution in [0.3, 0.4) is 0 Å². The number of nitrogens with two attached hydrogens (primary N) is 2. The van der Waals surface area contributed by atoms with E-state index >= 15 is 0 Å². The van der Waals surface area contributed by atoms with Crippen LogP contribution in [0.1, 0.15) is 29.9 Å². The van der Waals surface area contributed by atoms with Gasteiger partial charge in [0.25, 0.3) is 0 Å². The summed E-state index contributed by atoms with van der Waals surface area (Å²) in [6.07, 6.45) is 1.92. The third kappa shape index (κ3) is 3.07. The van der Waals surface area contributed by atoms with Crippen molar-refractivity contribution in [3.05, 3.63) is 4.88 Å². The molecule has 0 aromatic carbocycles. The molecule has 4 N–H and O–H groups in total. The van der Waals surface area contributed by atoms with Crippen molar-refractivity contribution in [2.75, 3.05) is 30.0 Å². The molecule has 1 aromatic rings. The van der Waals surface area contributed by atoms with Crippen molar-refractivity contribution in [1.29, 1.82) is 0 Å². The molecular formula is C13H21N3O3S2. The highest BCUT2D eigenvalue weighted by Crippen LogP contribution is 2.43. The number of rotatable bonds is 4. The van der Waals surface area contributed by atoms with Crippen LogP contribution < -0.4 is 16.4 Å². The molecule has 0 saturated carbocycles. The van der Waals surface area contributed by atoms with Crippen molar-refractivity contribution in [1.82, 2.24) is 0 Å². The van der Waals surface area contributed by atoms with Crippen molar-refractivity contribution in [3.8, 4) is 0 Å². The molecule has 8 heteroatoms. The number of hydrogen-bond acceptors (Lipinski definition) is 7. The lowest BCUT2D eigenvalue weighted by Gasteiger charge is -2.17. The Bertz CT molecular complexity index is 664. The largest absolute Gasteiger partial charge is 0.396 e. The zero-order chi connectivity index (χ0) is 15.9. The van der Waals surface area contributed by atoms with Crippen molar-refractivity contribution in [2.24, 2.45) is 11.7 Å². The van der Waals surface area contributed by atoms with Crippen LogP contribution in [0.5, 0.6) is 0 Å². The SMILES string of the molecule is CC(C)C(=O)c1sc(N2CCC(N)C2)c(S(C)(=O)=O)c1N.